The van der Waals surface area contributed by atoms with Crippen LogP contribution in [0.15, 0.2) is 24.3 Å². The number of hydrogen-bond acceptors (Lipinski definition) is 3. The molecule has 2 aliphatic rings. The molecule has 25 heavy (non-hydrogen) atoms. The van der Waals surface area contributed by atoms with E-state index in [1.165, 1.54) is 5.56 Å². The lowest BCUT2D eigenvalue weighted by atomic mass is 9.89. The lowest BCUT2D eigenvalue weighted by Crippen LogP contribution is -2.44. The van der Waals surface area contributed by atoms with E-state index in [1.54, 1.807) is 19.0 Å². The molecule has 0 radical (unpaired) electrons. The fraction of sp³-hybridized carbons (Fsp3) is 0.600. The molecule has 2 heterocycles. The Hall–Kier alpha value is -1.88. The first-order chi connectivity index (χ1) is 12.0. The van der Waals surface area contributed by atoms with Gasteiger partial charge in [-0.05, 0) is 55.7 Å². The van der Waals surface area contributed by atoms with Gasteiger partial charge in [0, 0.05) is 39.4 Å². The third-order valence-electron chi connectivity index (χ3n) is 5.26. The summed E-state index contributed by atoms with van der Waals surface area (Å²) in [7, 11) is 3.53. The zero-order chi connectivity index (χ0) is 17.8. The fourth-order valence-electron chi connectivity index (χ4n) is 3.71. The van der Waals surface area contributed by atoms with E-state index < -0.39 is 0 Å². The SMILES string of the molecule is CN(C)C(=O)c1ccc(CC2CCN(C(=O)C3CCCO3)CC2)cc1. The number of likely N-dealkylation sites (tertiary alicyclic amines) is 1. The molecule has 5 nitrogen and oxygen atoms in total. The summed E-state index contributed by atoms with van der Waals surface area (Å²) in [6.07, 6.45) is 4.76. The smallest absolute Gasteiger partial charge is 0.253 e. The molecule has 1 aromatic carbocycles. The predicted octanol–water partition coefficient (Wildman–Crippen LogP) is 2.35. The van der Waals surface area contributed by atoms with E-state index >= 15 is 0 Å². The van der Waals surface area contributed by atoms with Crippen LogP contribution in [0.2, 0.25) is 0 Å². The summed E-state index contributed by atoms with van der Waals surface area (Å²) in [5.41, 5.74) is 1.99. The number of piperidine rings is 1. The second-order valence-corrected chi connectivity index (χ2v) is 7.37. The standard InChI is InChI=1S/C20H28N2O3/c1-21(2)19(23)17-7-5-15(6-8-17)14-16-9-11-22(12-10-16)20(24)18-4-3-13-25-18/h5-8,16,18H,3-4,9-14H2,1-2H3. The van der Waals surface area contributed by atoms with E-state index in [1.807, 2.05) is 17.0 Å². The van der Waals surface area contributed by atoms with E-state index in [9.17, 15) is 9.59 Å². The summed E-state index contributed by atoms with van der Waals surface area (Å²) in [6, 6.07) is 7.93. The van der Waals surface area contributed by atoms with E-state index in [-0.39, 0.29) is 17.9 Å². The van der Waals surface area contributed by atoms with Gasteiger partial charge in [0.05, 0.1) is 0 Å². The number of ether oxygens (including phenoxy) is 1. The van der Waals surface area contributed by atoms with Crippen LogP contribution in [0.3, 0.4) is 0 Å². The highest BCUT2D eigenvalue weighted by Crippen LogP contribution is 2.24. The first-order valence-corrected chi connectivity index (χ1v) is 9.25. The molecule has 3 rings (SSSR count). The largest absolute Gasteiger partial charge is 0.368 e. The first kappa shape index (κ1) is 17.9. The van der Waals surface area contributed by atoms with Gasteiger partial charge in [-0.25, -0.2) is 0 Å². The van der Waals surface area contributed by atoms with Crippen molar-refractivity contribution in [1.29, 1.82) is 0 Å². The minimum Gasteiger partial charge on any atom is -0.368 e. The summed E-state index contributed by atoms with van der Waals surface area (Å²) >= 11 is 0. The molecule has 0 aliphatic carbocycles. The molecule has 136 valence electrons. The highest BCUT2D eigenvalue weighted by Gasteiger charge is 2.30. The maximum absolute atomic E-state index is 12.4. The van der Waals surface area contributed by atoms with Gasteiger partial charge in [-0.1, -0.05) is 12.1 Å². The number of benzene rings is 1. The van der Waals surface area contributed by atoms with Crippen molar-refractivity contribution in [3.8, 4) is 0 Å². The molecule has 0 N–H and O–H groups in total. The first-order valence-electron chi connectivity index (χ1n) is 9.25. The quantitative estimate of drug-likeness (QED) is 0.842. The molecule has 2 aliphatic heterocycles. The summed E-state index contributed by atoms with van der Waals surface area (Å²) in [4.78, 5) is 27.9. The Balaban J connectivity index is 1.48. The van der Waals surface area contributed by atoms with Crippen molar-refractivity contribution >= 4 is 11.8 Å². The lowest BCUT2D eigenvalue weighted by molar-refractivity contribution is -0.142. The number of rotatable bonds is 4. The Bertz CT molecular complexity index is 598. The monoisotopic (exact) mass is 344 g/mol. The maximum atomic E-state index is 12.4. The number of nitrogens with zero attached hydrogens (tertiary/aromatic N) is 2. The van der Waals surface area contributed by atoms with Gasteiger partial charge < -0.3 is 14.5 Å². The van der Waals surface area contributed by atoms with Crippen LogP contribution in [0.1, 0.15) is 41.6 Å². The zero-order valence-electron chi connectivity index (χ0n) is 15.2. The van der Waals surface area contributed by atoms with E-state index in [4.69, 9.17) is 4.74 Å². The number of carbonyl (C=O) groups is 2. The van der Waals surface area contributed by atoms with Crippen molar-refractivity contribution in [2.24, 2.45) is 5.92 Å². The highest BCUT2D eigenvalue weighted by atomic mass is 16.5. The Morgan fingerprint density at radius 2 is 1.80 bits per heavy atom. The van der Waals surface area contributed by atoms with E-state index in [2.05, 4.69) is 12.1 Å². The summed E-state index contributed by atoms with van der Waals surface area (Å²) in [5, 5.41) is 0. The van der Waals surface area contributed by atoms with Gasteiger partial charge in [-0.2, -0.15) is 0 Å². The van der Waals surface area contributed by atoms with Gasteiger partial charge in [0.15, 0.2) is 0 Å². The summed E-state index contributed by atoms with van der Waals surface area (Å²) < 4.78 is 5.52. The molecule has 5 heteroatoms. The van der Waals surface area contributed by atoms with Gasteiger partial charge in [0.2, 0.25) is 0 Å². The predicted molar refractivity (Wildman–Crippen MR) is 96.4 cm³/mol. The maximum Gasteiger partial charge on any atom is 0.253 e. The lowest BCUT2D eigenvalue weighted by Gasteiger charge is -2.33. The number of hydrogen-bond donors (Lipinski definition) is 0. The van der Waals surface area contributed by atoms with Crippen molar-refractivity contribution in [3.05, 3.63) is 35.4 Å². The topological polar surface area (TPSA) is 49.9 Å². The Labute approximate surface area is 149 Å². The fourth-order valence-corrected chi connectivity index (χ4v) is 3.71. The van der Waals surface area contributed by atoms with Crippen LogP contribution >= 0.6 is 0 Å². The minimum absolute atomic E-state index is 0.0347. The second-order valence-electron chi connectivity index (χ2n) is 7.37. The number of amides is 2. The molecule has 2 saturated heterocycles. The van der Waals surface area contributed by atoms with Gasteiger partial charge in [-0.3, -0.25) is 9.59 Å². The summed E-state index contributed by atoms with van der Waals surface area (Å²) in [6.45, 7) is 2.39. The molecule has 0 spiro atoms. The molecule has 1 atom stereocenters. The summed E-state index contributed by atoms with van der Waals surface area (Å²) in [5.74, 6) is 0.818. The Morgan fingerprint density at radius 3 is 2.36 bits per heavy atom. The zero-order valence-corrected chi connectivity index (χ0v) is 15.2. The highest BCUT2D eigenvalue weighted by molar-refractivity contribution is 5.93. The van der Waals surface area contributed by atoms with Crippen LogP contribution in [-0.4, -0.2) is 61.5 Å². The van der Waals surface area contributed by atoms with E-state index in [0.717, 1.165) is 57.4 Å². The molecule has 2 fully saturated rings. The van der Waals surface area contributed by atoms with Crippen LogP contribution in [-0.2, 0) is 16.0 Å². The Kier molecular flexibility index (Phi) is 5.74. The third kappa shape index (κ3) is 4.40. The molecule has 0 saturated carbocycles. The minimum atomic E-state index is -0.196. The molecular weight excluding hydrogens is 316 g/mol. The third-order valence-corrected chi connectivity index (χ3v) is 5.26. The van der Waals surface area contributed by atoms with Crippen molar-refractivity contribution in [2.75, 3.05) is 33.8 Å². The van der Waals surface area contributed by atoms with Gasteiger partial charge in [0.25, 0.3) is 11.8 Å². The molecule has 1 unspecified atom stereocenters. The van der Waals surface area contributed by atoms with E-state index in [0.29, 0.717) is 5.92 Å². The molecule has 0 aromatic heterocycles. The molecule has 1 aromatic rings. The van der Waals surface area contributed by atoms with Crippen molar-refractivity contribution < 1.29 is 14.3 Å². The van der Waals surface area contributed by atoms with Gasteiger partial charge in [-0.15, -0.1) is 0 Å². The van der Waals surface area contributed by atoms with Crippen molar-refractivity contribution in [2.45, 2.75) is 38.2 Å². The van der Waals surface area contributed by atoms with Crippen LogP contribution in [0, 0.1) is 5.92 Å². The van der Waals surface area contributed by atoms with Crippen LogP contribution in [0.5, 0.6) is 0 Å². The average Bonchev–Trinajstić information content (AvgIpc) is 3.16. The van der Waals surface area contributed by atoms with Crippen molar-refractivity contribution in [3.63, 3.8) is 0 Å². The molecule has 2 amide bonds. The Morgan fingerprint density at radius 1 is 1.12 bits per heavy atom. The van der Waals surface area contributed by atoms with Crippen LogP contribution in [0.4, 0.5) is 0 Å². The van der Waals surface area contributed by atoms with Crippen molar-refractivity contribution in [1.82, 2.24) is 9.80 Å². The number of carbonyl (C=O) groups excluding carboxylic acids is 2. The van der Waals surface area contributed by atoms with Gasteiger partial charge >= 0.3 is 0 Å². The molecule has 0 bridgehead atoms. The van der Waals surface area contributed by atoms with Crippen LogP contribution in [0.25, 0.3) is 0 Å². The second kappa shape index (κ2) is 8.00. The van der Waals surface area contributed by atoms with Gasteiger partial charge in [0.1, 0.15) is 6.10 Å². The molecular formula is C20H28N2O3. The van der Waals surface area contributed by atoms with Crippen LogP contribution < -0.4 is 0 Å². The normalized spacial score (nSPS) is 21.4. The average molecular weight is 344 g/mol.